The molecule has 0 bridgehead atoms. The van der Waals surface area contributed by atoms with Crippen LogP contribution in [0, 0.1) is 11.7 Å². The van der Waals surface area contributed by atoms with Gasteiger partial charge in [0.2, 0.25) is 0 Å². The number of nitrogens with one attached hydrogen (secondary N) is 1. The van der Waals surface area contributed by atoms with Gasteiger partial charge in [0.15, 0.2) is 0 Å². The number of likely N-dealkylation sites (N-methyl/N-ethyl adjacent to an activating group) is 1. The molecular formula is C14H21FN2O. The van der Waals surface area contributed by atoms with Gasteiger partial charge in [0.05, 0.1) is 6.61 Å². The van der Waals surface area contributed by atoms with Crippen molar-refractivity contribution in [1.82, 2.24) is 5.32 Å². The lowest BCUT2D eigenvalue weighted by Crippen LogP contribution is -2.32. The number of anilines is 1. The molecule has 0 spiro atoms. The summed E-state index contributed by atoms with van der Waals surface area (Å²) in [5.41, 5.74) is 1.04. The molecule has 0 amide bonds. The fourth-order valence-corrected chi connectivity index (χ4v) is 2.12. The number of rotatable bonds is 6. The van der Waals surface area contributed by atoms with Gasteiger partial charge in [-0.2, -0.15) is 0 Å². The maximum atomic E-state index is 12.8. The van der Waals surface area contributed by atoms with Gasteiger partial charge < -0.3 is 15.0 Å². The molecule has 0 aromatic heterocycles. The molecule has 1 saturated heterocycles. The molecule has 18 heavy (non-hydrogen) atoms. The van der Waals surface area contributed by atoms with Crippen LogP contribution in [0.2, 0.25) is 0 Å². The minimum atomic E-state index is -0.188. The molecule has 1 unspecified atom stereocenters. The van der Waals surface area contributed by atoms with E-state index in [-0.39, 0.29) is 5.82 Å². The minimum absolute atomic E-state index is 0.188. The lowest BCUT2D eigenvalue weighted by atomic mass is 10.1. The average Bonchev–Trinajstić information content (AvgIpc) is 2.88. The third-order valence-corrected chi connectivity index (χ3v) is 3.35. The van der Waals surface area contributed by atoms with Crippen molar-refractivity contribution < 1.29 is 9.13 Å². The number of benzene rings is 1. The molecule has 100 valence electrons. The highest BCUT2D eigenvalue weighted by Gasteiger charge is 2.14. The van der Waals surface area contributed by atoms with Crippen LogP contribution in [0.3, 0.4) is 0 Å². The number of ether oxygens (including phenoxy) is 1. The fourth-order valence-electron chi connectivity index (χ4n) is 2.12. The first-order valence-electron chi connectivity index (χ1n) is 6.51. The van der Waals surface area contributed by atoms with Crippen LogP contribution in [0.25, 0.3) is 0 Å². The van der Waals surface area contributed by atoms with Crippen molar-refractivity contribution in [3.63, 3.8) is 0 Å². The summed E-state index contributed by atoms with van der Waals surface area (Å²) in [5, 5.41) is 3.44. The zero-order chi connectivity index (χ0) is 12.8. The van der Waals surface area contributed by atoms with Crippen LogP contribution in [0.5, 0.6) is 0 Å². The Kier molecular flexibility index (Phi) is 4.96. The van der Waals surface area contributed by atoms with Crippen molar-refractivity contribution in [3.8, 4) is 0 Å². The molecular weight excluding hydrogens is 231 g/mol. The summed E-state index contributed by atoms with van der Waals surface area (Å²) >= 11 is 0. The van der Waals surface area contributed by atoms with E-state index in [1.165, 1.54) is 18.6 Å². The molecule has 1 fully saturated rings. The Morgan fingerprint density at radius 3 is 2.83 bits per heavy atom. The largest absolute Gasteiger partial charge is 0.381 e. The molecule has 2 rings (SSSR count). The highest BCUT2D eigenvalue weighted by atomic mass is 19.1. The predicted molar refractivity (Wildman–Crippen MR) is 71.5 cm³/mol. The summed E-state index contributed by atoms with van der Waals surface area (Å²) in [6.07, 6.45) is 1.17. The van der Waals surface area contributed by atoms with Crippen LogP contribution in [-0.4, -0.2) is 39.9 Å². The predicted octanol–water partition coefficient (Wildman–Crippen LogP) is 1.89. The maximum absolute atomic E-state index is 12.8. The van der Waals surface area contributed by atoms with Crippen LogP contribution >= 0.6 is 0 Å². The van der Waals surface area contributed by atoms with E-state index in [4.69, 9.17) is 4.74 Å². The van der Waals surface area contributed by atoms with Crippen LogP contribution in [-0.2, 0) is 4.74 Å². The summed E-state index contributed by atoms with van der Waals surface area (Å²) in [5.74, 6) is 0.479. The fraction of sp³-hybridized carbons (Fsp3) is 0.571. The van der Waals surface area contributed by atoms with Gasteiger partial charge in [-0.05, 0) is 36.6 Å². The standard InChI is InChI=1S/C14H21FN2O/c1-17(14-4-2-13(15)3-5-14)8-7-16-10-12-6-9-18-11-12/h2-5,12,16H,6-11H2,1H3. The number of nitrogens with zero attached hydrogens (tertiary/aromatic N) is 1. The Hall–Kier alpha value is -1.13. The van der Waals surface area contributed by atoms with Crippen LogP contribution < -0.4 is 10.2 Å². The van der Waals surface area contributed by atoms with Gasteiger partial charge in [-0.1, -0.05) is 0 Å². The van der Waals surface area contributed by atoms with Crippen LogP contribution in [0.1, 0.15) is 6.42 Å². The summed E-state index contributed by atoms with van der Waals surface area (Å²) in [6, 6.07) is 6.60. The summed E-state index contributed by atoms with van der Waals surface area (Å²) in [6.45, 7) is 4.67. The Bertz CT molecular complexity index is 349. The van der Waals surface area contributed by atoms with E-state index in [9.17, 15) is 4.39 Å². The van der Waals surface area contributed by atoms with E-state index in [0.717, 1.165) is 38.5 Å². The molecule has 1 N–H and O–H groups in total. The second-order valence-corrected chi connectivity index (χ2v) is 4.83. The van der Waals surface area contributed by atoms with Gasteiger partial charge in [-0.3, -0.25) is 0 Å². The van der Waals surface area contributed by atoms with E-state index in [1.807, 2.05) is 7.05 Å². The van der Waals surface area contributed by atoms with Gasteiger partial charge in [0.1, 0.15) is 5.82 Å². The van der Waals surface area contributed by atoms with Gasteiger partial charge >= 0.3 is 0 Å². The smallest absolute Gasteiger partial charge is 0.123 e. The first kappa shape index (κ1) is 13.3. The molecule has 0 saturated carbocycles. The highest BCUT2D eigenvalue weighted by molar-refractivity contribution is 5.45. The second-order valence-electron chi connectivity index (χ2n) is 4.83. The lowest BCUT2D eigenvalue weighted by molar-refractivity contribution is 0.185. The van der Waals surface area contributed by atoms with Crippen molar-refractivity contribution in [2.24, 2.45) is 5.92 Å². The summed E-state index contributed by atoms with van der Waals surface area (Å²) in [4.78, 5) is 2.12. The molecule has 0 aliphatic carbocycles. The van der Waals surface area contributed by atoms with E-state index >= 15 is 0 Å². The molecule has 1 aromatic carbocycles. The topological polar surface area (TPSA) is 24.5 Å². The molecule has 1 aromatic rings. The average molecular weight is 252 g/mol. The van der Waals surface area contributed by atoms with Gasteiger partial charge in [0.25, 0.3) is 0 Å². The molecule has 1 aliphatic heterocycles. The van der Waals surface area contributed by atoms with Crippen molar-refractivity contribution in [1.29, 1.82) is 0 Å². The summed E-state index contributed by atoms with van der Waals surface area (Å²) < 4.78 is 18.1. The number of hydrogen-bond donors (Lipinski definition) is 1. The molecule has 1 atom stereocenters. The number of halogens is 1. The Morgan fingerprint density at radius 1 is 1.39 bits per heavy atom. The molecule has 4 heteroatoms. The highest BCUT2D eigenvalue weighted by Crippen LogP contribution is 2.13. The van der Waals surface area contributed by atoms with Crippen LogP contribution in [0.15, 0.2) is 24.3 Å². The molecule has 3 nitrogen and oxygen atoms in total. The van der Waals surface area contributed by atoms with E-state index in [0.29, 0.717) is 5.92 Å². The van der Waals surface area contributed by atoms with Gasteiger partial charge in [0, 0.05) is 39.0 Å². The Balaban J connectivity index is 1.64. The third-order valence-electron chi connectivity index (χ3n) is 3.35. The quantitative estimate of drug-likeness (QED) is 0.782. The maximum Gasteiger partial charge on any atom is 0.123 e. The molecule has 0 radical (unpaired) electrons. The third kappa shape index (κ3) is 3.96. The van der Waals surface area contributed by atoms with E-state index in [1.54, 1.807) is 12.1 Å². The minimum Gasteiger partial charge on any atom is -0.381 e. The summed E-state index contributed by atoms with van der Waals surface area (Å²) in [7, 11) is 2.02. The lowest BCUT2D eigenvalue weighted by Gasteiger charge is -2.20. The Morgan fingerprint density at radius 2 is 2.17 bits per heavy atom. The van der Waals surface area contributed by atoms with Gasteiger partial charge in [-0.15, -0.1) is 0 Å². The first-order chi connectivity index (χ1) is 8.75. The molecule has 1 heterocycles. The van der Waals surface area contributed by atoms with Crippen molar-refractivity contribution in [3.05, 3.63) is 30.1 Å². The normalized spacial score (nSPS) is 19.1. The SMILES string of the molecule is CN(CCNCC1CCOC1)c1ccc(F)cc1. The van der Waals surface area contributed by atoms with Crippen LogP contribution in [0.4, 0.5) is 10.1 Å². The second kappa shape index (κ2) is 6.71. The molecule has 1 aliphatic rings. The number of hydrogen-bond acceptors (Lipinski definition) is 3. The van der Waals surface area contributed by atoms with E-state index < -0.39 is 0 Å². The van der Waals surface area contributed by atoms with E-state index in [2.05, 4.69) is 10.2 Å². The van der Waals surface area contributed by atoms with Crippen molar-refractivity contribution in [2.45, 2.75) is 6.42 Å². The monoisotopic (exact) mass is 252 g/mol. The Labute approximate surface area is 108 Å². The van der Waals surface area contributed by atoms with Gasteiger partial charge in [-0.25, -0.2) is 4.39 Å². The zero-order valence-corrected chi connectivity index (χ0v) is 10.9. The zero-order valence-electron chi connectivity index (χ0n) is 10.9. The van der Waals surface area contributed by atoms with Crippen molar-refractivity contribution in [2.75, 3.05) is 44.8 Å². The van der Waals surface area contributed by atoms with Crippen molar-refractivity contribution >= 4 is 5.69 Å². The first-order valence-corrected chi connectivity index (χ1v) is 6.51.